The van der Waals surface area contributed by atoms with Crippen molar-refractivity contribution in [2.45, 2.75) is 0 Å². The van der Waals surface area contributed by atoms with E-state index in [0.29, 0.717) is 20.2 Å². The highest BCUT2D eigenvalue weighted by molar-refractivity contribution is 9.10. The maximum Gasteiger partial charge on any atom is 0.166 e. The fraction of sp³-hybridized carbons (Fsp3) is 0. The molecule has 2 rings (SSSR count). The van der Waals surface area contributed by atoms with Gasteiger partial charge in [-0.15, -0.1) is 0 Å². The van der Waals surface area contributed by atoms with Crippen molar-refractivity contribution in [2.75, 3.05) is 5.32 Å². The van der Waals surface area contributed by atoms with Crippen molar-refractivity contribution in [1.82, 2.24) is 4.98 Å². The van der Waals surface area contributed by atoms with E-state index in [1.54, 1.807) is 18.2 Å². The Balaban J connectivity index is 2.31. The Hall–Kier alpha value is -0.840. The second-order valence-electron chi connectivity index (χ2n) is 3.23. The topological polar surface area (TPSA) is 24.9 Å². The number of anilines is 2. The Morgan fingerprint density at radius 2 is 2.00 bits per heavy atom. The molecule has 0 bridgehead atoms. The molecule has 0 amide bonds. The lowest BCUT2D eigenvalue weighted by atomic mass is 10.3. The van der Waals surface area contributed by atoms with Crippen LogP contribution in [0.3, 0.4) is 0 Å². The van der Waals surface area contributed by atoms with Gasteiger partial charge in [0.1, 0.15) is 0 Å². The van der Waals surface area contributed by atoms with E-state index in [2.05, 4.69) is 26.2 Å². The quantitative estimate of drug-likeness (QED) is 0.832. The molecule has 0 aliphatic carbocycles. The van der Waals surface area contributed by atoms with Gasteiger partial charge >= 0.3 is 0 Å². The van der Waals surface area contributed by atoms with Crippen molar-refractivity contribution in [1.29, 1.82) is 0 Å². The van der Waals surface area contributed by atoms with E-state index in [4.69, 9.17) is 23.2 Å². The first kappa shape index (κ1) is 12.6. The van der Waals surface area contributed by atoms with Gasteiger partial charge in [0, 0.05) is 15.7 Å². The van der Waals surface area contributed by atoms with Crippen molar-refractivity contribution < 1.29 is 4.39 Å². The highest BCUT2D eigenvalue weighted by atomic mass is 79.9. The van der Waals surface area contributed by atoms with Gasteiger partial charge in [-0.05, 0) is 40.2 Å². The summed E-state index contributed by atoms with van der Waals surface area (Å²) in [6.45, 7) is 0. The monoisotopic (exact) mass is 334 g/mol. The summed E-state index contributed by atoms with van der Waals surface area (Å²) in [6, 6.07) is 6.21. The maximum absolute atomic E-state index is 13.5. The van der Waals surface area contributed by atoms with Crippen molar-refractivity contribution in [3.63, 3.8) is 0 Å². The Morgan fingerprint density at radius 1 is 1.24 bits per heavy atom. The summed E-state index contributed by atoms with van der Waals surface area (Å²) in [5.41, 5.74) is 0.546. The molecule has 1 aromatic heterocycles. The number of pyridine rings is 1. The molecule has 1 N–H and O–H groups in total. The standard InChI is InChI=1S/C11H6BrCl2FN2/c12-6-3-9(15)11(16-5-6)17-10-2-1-7(13)4-8(10)14/h1-5H,(H,16,17). The van der Waals surface area contributed by atoms with Crippen LogP contribution in [0.15, 0.2) is 34.9 Å². The lowest BCUT2D eigenvalue weighted by Gasteiger charge is -2.08. The minimum atomic E-state index is -0.467. The second kappa shape index (κ2) is 5.21. The molecule has 6 heteroatoms. The number of nitrogens with one attached hydrogen (secondary N) is 1. The van der Waals surface area contributed by atoms with E-state index in [9.17, 15) is 4.39 Å². The number of hydrogen-bond donors (Lipinski definition) is 1. The lowest BCUT2D eigenvalue weighted by Crippen LogP contribution is -1.97. The third-order valence-corrected chi connectivity index (χ3v) is 2.97. The molecule has 0 radical (unpaired) electrons. The Labute approximate surface area is 116 Å². The number of rotatable bonds is 2. The molecule has 2 nitrogen and oxygen atoms in total. The van der Waals surface area contributed by atoms with Gasteiger partial charge in [0.25, 0.3) is 0 Å². The average molecular weight is 336 g/mol. The minimum Gasteiger partial charge on any atom is -0.337 e. The van der Waals surface area contributed by atoms with Crippen LogP contribution in [0.2, 0.25) is 10.0 Å². The van der Waals surface area contributed by atoms with Crippen molar-refractivity contribution in [3.8, 4) is 0 Å². The predicted octanol–water partition coefficient (Wildman–Crippen LogP) is 5.03. The minimum absolute atomic E-state index is 0.109. The Bertz CT molecular complexity index is 514. The van der Waals surface area contributed by atoms with Gasteiger partial charge in [-0.2, -0.15) is 0 Å². The van der Waals surface area contributed by atoms with Gasteiger partial charge in [0.2, 0.25) is 0 Å². The van der Waals surface area contributed by atoms with Crippen LogP contribution < -0.4 is 5.32 Å². The van der Waals surface area contributed by atoms with Gasteiger partial charge < -0.3 is 5.32 Å². The molecule has 1 heterocycles. The molecule has 0 saturated carbocycles. The molecule has 0 unspecified atom stereocenters. The lowest BCUT2D eigenvalue weighted by molar-refractivity contribution is 0.625. The van der Waals surface area contributed by atoms with Crippen LogP contribution in [0.4, 0.5) is 15.9 Å². The summed E-state index contributed by atoms with van der Waals surface area (Å²) in [5.74, 6) is -0.359. The molecule has 0 aliphatic heterocycles. The fourth-order valence-corrected chi connectivity index (χ4v) is 1.98. The number of aromatic nitrogens is 1. The molecule has 0 aliphatic rings. The normalized spacial score (nSPS) is 10.4. The first-order chi connectivity index (χ1) is 8.06. The second-order valence-corrected chi connectivity index (χ2v) is 4.99. The summed E-state index contributed by atoms with van der Waals surface area (Å²) >= 11 is 14.9. The zero-order valence-electron chi connectivity index (χ0n) is 8.35. The number of benzene rings is 1. The van der Waals surface area contributed by atoms with Crippen LogP contribution in [-0.2, 0) is 0 Å². The van der Waals surface area contributed by atoms with Gasteiger partial charge in [-0.1, -0.05) is 23.2 Å². The Kier molecular flexibility index (Phi) is 3.86. The Morgan fingerprint density at radius 3 is 2.65 bits per heavy atom. The highest BCUT2D eigenvalue weighted by Gasteiger charge is 2.07. The molecule has 1 aromatic carbocycles. The first-order valence-corrected chi connectivity index (χ1v) is 6.14. The SMILES string of the molecule is Fc1cc(Br)cnc1Nc1ccc(Cl)cc1Cl. The van der Waals surface area contributed by atoms with Gasteiger partial charge in [0.05, 0.1) is 10.7 Å². The summed E-state index contributed by atoms with van der Waals surface area (Å²) in [6.07, 6.45) is 1.50. The molecule has 0 atom stereocenters. The fourth-order valence-electron chi connectivity index (χ4n) is 1.22. The van der Waals surface area contributed by atoms with E-state index >= 15 is 0 Å². The van der Waals surface area contributed by atoms with Crippen LogP contribution in [0.1, 0.15) is 0 Å². The van der Waals surface area contributed by atoms with Gasteiger partial charge in [-0.3, -0.25) is 0 Å². The van der Waals surface area contributed by atoms with E-state index in [0.717, 1.165) is 0 Å². The third kappa shape index (κ3) is 3.09. The van der Waals surface area contributed by atoms with Gasteiger partial charge in [-0.25, -0.2) is 9.37 Å². The largest absolute Gasteiger partial charge is 0.337 e. The maximum atomic E-state index is 13.5. The van der Waals surface area contributed by atoms with E-state index in [1.807, 2.05) is 0 Å². The van der Waals surface area contributed by atoms with Crippen LogP contribution in [0.5, 0.6) is 0 Å². The third-order valence-electron chi connectivity index (χ3n) is 1.99. The first-order valence-electron chi connectivity index (χ1n) is 4.59. The van der Waals surface area contributed by atoms with E-state index in [1.165, 1.54) is 12.3 Å². The van der Waals surface area contributed by atoms with Crippen molar-refractivity contribution in [3.05, 3.63) is 50.8 Å². The number of hydrogen-bond acceptors (Lipinski definition) is 2. The van der Waals surface area contributed by atoms with Crippen molar-refractivity contribution in [2.24, 2.45) is 0 Å². The van der Waals surface area contributed by atoms with Crippen LogP contribution in [0.25, 0.3) is 0 Å². The molecule has 0 saturated heterocycles. The molecule has 17 heavy (non-hydrogen) atoms. The van der Waals surface area contributed by atoms with Crippen LogP contribution in [0, 0.1) is 5.82 Å². The zero-order valence-corrected chi connectivity index (χ0v) is 11.4. The van der Waals surface area contributed by atoms with Crippen LogP contribution >= 0.6 is 39.1 Å². The number of nitrogens with zero attached hydrogens (tertiary/aromatic N) is 1. The van der Waals surface area contributed by atoms with E-state index in [-0.39, 0.29) is 5.82 Å². The summed E-state index contributed by atoms with van der Waals surface area (Å²) < 4.78 is 14.1. The molecular formula is C11H6BrCl2FN2. The smallest absolute Gasteiger partial charge is 0.166 e. The van der Waals surface area contributed by atoms with E-state index < -0.39 is 5.82 Å². The molecular weight excluding hydrogens is 330 g/mol. The summed E-state index contributed by atoms with van der Waals surface area (Å²) in [5, 5.41) is 3.72. The van der Waals surface area contributed by atoms with Crippen molar-refractivity contribution >= 4 is 50.6 Å². The summed E-state index contributed by atoms with van der Waals surface area (Å²) in [4.78, 5) is 3.91. The molecule has 0 fully saturated rings. The molecule has 2 aromatic rings. The molecule has 0 spiro atoms. The predicted molar refractivity (Wildman–Crippen MR) is 71.6 cm³/mol. The number of halogens is 4. The van der Waals surface area contributed by atoms with Gasteiger partial charge in [0.15, 0.2) is 11.6 Å². The van der Waals surface area contributed by atoms with Crippen LogP contribution in [-0.4, -0.2) is 4.98 Å². The average Bonchev–Trinajstić information content (AvgIpc) is 2.25. The molecule has 88 valence electrons. The highest BCUT2D eigenvalue weighted by Crippen LogP contribution is 2.28. The zero-order chi connectivity index (χ0) is 12.4. The summed E-state index contributed by atoms with van der Waals surface area (Å²) in [7, 11) is 0.